The molecule has 1 heterocycles. The van der Waals surface area contributed by atoms with Crippen molar-refractivity contribution in [1.29, 1.82) is 0 Å². The maximum atomic E-state index is 10.0. The average molecular weight is 154 g/mol. The summed E-state index contributed by atoms with van der Waals surface area (Å²) < 4.78 is 0. The van der Waals surface area contributed by atoms with Crippen molar-refractivity contribution in [3.8, 4) is 0 Å². The van der Waals surface area contributed by atoms with Gasteiger partial charge in [-0.25, -0.2) is 4.79 Å². The monoisotopic (exact) mass is 154 g/mol. The molecule has 2 unspecified atom stereocenters. The number of nitrogens with zero attached hydrogens (tertiary/aromatic N) is 2. The van der Waals surface area contributed by atoms with Crippen molar-refractivity contribution >= 4 is 6.08 Å². The Balaban J connectivity index is 2.62. The summed E-state index contributed by atoms with van der Waals surface area (Å²) >= 11 is 0. The summed E-state index contributed by atoms with van der Waals surface area (Å²) in [6.45, 7) is 4.19. The summed E-state index contributed by atoms with van der Waals surface area (Å²) in [4.78, 5) is 10.0. The number of piperidine rings is 1. The maximum Gasteiger partial charge on any atom is 0.258 e. The van der Waals surface area contributed by atoms with Gasteiger partial charge in [-0.2, -0.15) is 0 Å². The van der Waals surface area contributed by atoms with Crippen molar-refractivity contribution in [3.63, 3.8) is 0 Å². The van der Waals surface area contributed by atoms with Crippen LogP contribution in [0.15, 0.2) is 5.10 Å². The van der Waals surface area contributed by atoms with E-state index < -0.39 is 0 Å². The Hall–Kier alpha value is -0.820. The Morgan fingerprint density at radius 3 is 2.36 bits per heavy atom. The Labute approximate surface area is 67.1 Å². The zero-order chi connectivity index (χ0) is 8.27. The lowest BCUT2D eigenvalue weighted by Gasteiger charge is -2.35. The SMILES string of the molecule is CC1CCCC(C)N1N=C=O. The second-order valence-electron chi connectivity index (χ2n) is 3.20. The number of carbonyl (C=O) groups excluding carboxylic acids is 1. The van der Waals surface area contributed by atoms with E-state index >= 15 is 0 Å². The predicted molar refractivity (Wildman–Crippen MR) is 42.7 cm³/mol. The van der Waals surface area contributed by atoms with Crippen molar-refractivity contribution in [3.05, 3.63) is 0 Å². The van der Waals surface area contributed by atoms with E-state index in [0.29, 0.717) is 12.1 Å². The lowest BCUT2D eigenvalue weighted by Crippen LogP contribution is -2.39. The molecule has 62 valence electrons. The van der Waals surface area contributed by atoms with Gasteiger partial charge in [0.05, 0.1) is 0 Å². The van der Waals surface area contributed by atoms with Crippen LogP contribution in [0.25, 0.3) is 0 Å². The van der Waals surface area contributed by atoms with Crippen LogP contribution in [-0.2, 0) is 4.79 Å². The quantitative estimate of drug-likeness (QED) is 0.423. The highest BCUT2D eigenvalue weighted by Crippen LogP contribution is 2.21. The molecule has 1 rings (SSSR count). The molecule has 0 aromatic carbocycles. The highest BCUT2D eigenvalue weighted by Gasteiger charge is 2.22. The second-order valence-corrected chi connectivity index (χ2v) is 3.20. The first-order chi connectivity index (χ1) is 5.25. The van der Waals surface area contributed by atoms with Gasteiger partial charge in [-0.3, -0.25) is 5.01 Å². The molecule has 0 aliphatic carbocycles. The Bertz CT molecular complexity index is 165. The van der Waals surface area contributed by atoms with Gasteiger partial charge >= 0.3 is 0 Å². The Morgan fingerprint density at radius 1 is 1.36 bits per heavy atom. The topological polar surface area (TPSA) is 32.7 Å². The van der Waals surface area contributed by atoms with E-state index in [-0.39, 0.29) is 0 Å². The molecule has 0 aromatic rings. The summed E-state index contributed by atoms with van der Waals surface area (Å²) in [6.07, 6.45) is 5.11. The smallest absolute Gasteiger partial charge is 0.258 e. The molecular formula is C8H14N2O. The molecule has 0 radical (unpaired) electrons. The molecule has 3 heteroatoms. The van der Waals surface area contributed by atoms with Crippen LogP contribution >= 0.6 is 0 Å². The standard InChI is InChI=1S/C8H14N2O/c1-7-4-3-5-8(2)10(7)9-6-11/h7-8H,3-5H2,1-2H3. The van der Waals surface area contributed by atoms with Crippen LogP contribution in [0.4, 0.5) is 0 Å². The van der Waals surface area contributed by atoms with E-state index in [2.05, 4.69) is 18.9 Å². The van der Waals surface area contributed by atoms with E-state index in [1.807, 2.05) is 5.01 Å². The molecule has 2 atom stereocenters. The van der Waals surface area contributed by atoms with Gasteiger partial charge in [0, 0.05) is 12.1 Å². The van der Waals surface area contributed by atoms with Crippen molar-refractivity contribution in [1.82, 2.24) is 5.01 Å². The van der Waals surface area contributed by atoms with Gasteiger partial charge in [-0.1, -0.05) is 5.10 Å². The van der Waals surface area contributed by atoms with E-state index in [9.17, 15) is 4.79 Å². The first-order valence-corrected chi connectivity index (χ1v) is 4.12. The normalized spacial score (nSPS) is 31.3. The molecule has 1 fully saturated rings. The molecule has 1 aliphatic rings. The van der Waals surface area contributed by atoms with Crippen LogP contribution in [0.5, 0.6) is 0 Å². The van der Waals surface area contributed by atoms with E-state index in [1.165, 1.54) is 6.42 Å². The summed E-state index contributed by atoms with van der Waals surface area (Å²) in [5.74, 6) is 0. The molecule has 0 amide bonds. The fourth-order valence-corrected chi connectivity index (χ4v) is 1.65. The lowest BCUT2D eigenvalue weighted by atomic mass is 10.00. The zero-order valence-electron chi connectivity index (χ0n) is 7.08. The zero-order valence-corrected chi connectivity index (χ0v) is 7.08. The highest BCUT2D eigenvalue weighted by molar-refractivity contribution is 5.32. The van der Waals surface area contributed by atoms with Gasteiger partial charge in [0.1, 0.15) is 0 Å². The van der Waals surface area contributed by atoms with Gasteiger partial charge in [0.2, 0.25) is 0 Å². The highest BCUT2D eigenvalue weighted by atomic mass is 16.1. The van der Waals surface area contributed by atoms with Gasteiger partial charge in [-0.05, 0) is 33.1 Å². The molecule has 0 saturated carbocycles. The minimum atomic E-state index is 0.403. The van der Waals surface area contributed by atoms with Crippen molar-refractivity contribution in [2.75, 3.05) is 0 Å². The minimum Gasteiger partial charge on any atom is -0.281 e. The number of rotatable bonds is 1. The molecule has 1 aliphatic heterocycles. The Morgan fingerprint density at radius 2 is 1.91 bits per heavy atom. The van der Waals surface area contributed by atoms with Crippen molar-refractivity contribution in [2.45, 2.75) is 45.2 Å². The van der Waals surface area contributed by atoms with Gasteiger partial charge < -0.3 is 0 Å². The molecule has 0 N–H and O–H groups in total. The van der Waals surface area contributed by atoms with Gasteiger partial charge in [0.25, 0.3) is 6.08 Å². The predicted octanol–water partition coefficient (Wildman–Crippen LogP) is 1.50. The largest absolute Gasteiger partial charge is 0.281 e. The Kier molecular flexibility index (Phi) is 2.66. The van der Waals surface area contributed by atoms with Gasteiger partial charge in [-0.15, -0.1) is 0 Å². The number of hydrazone groups is 1. The van der Waals surface area contributed by atoms with E-state index in [4.69, 9.17) is 0 Å². The van der Waals surface area contributed by atoms with E-state index in [1.54, 1.807) is 6.08 Å². The molecule has 0 aromatic heterocycles. The van der Waals surface area contributed by atoms with Crippen LogP contribution in [0, 0.1) is 0 Å². The molecule has 0 spiro atoms. The van der Waals surface area contributed by atoms with Crippen LogP contribution < -0.4 is 0 Å². The lowest BCUT2D eigenvalue weighted by molar-refractivity contribution is 0.108. The molecule has 1 saturated heterocycles. The summed E-state index contributed by atoms with van der Waals surface area (Å²) in [5.41, 5.74) is 0. The fraction of sp³-hybridized carbons (Fsp3) is 0.875. The van der Waals surface area contributed by atoms with Crippen LogP contribution in [0.2, 0.25) is 0 Å². The number of hydrogen-bond donors (Lipinski definition) is 0. The summed E-state index contributed by atoms with van der Waals surface area (Å²) in [7, 11) is 0. The average Bonchev–Trinajstić information content (AvgIpc) is 1.97. The molecule has 3 nitrogen and oxygen atoms in total. The fourth-order valence-electron chi connectivity index (χ4n) is 1.65. The van der Waals surface area contributed by atoms with Crippen LogP contribution in [-0.4, -0.2) is 23.2 Å². The number of isocyanates is 1. The molecule has 0 bridgehead atoms. The first kappa shape index (κ1) is 8.28. The van der Waals surface area contributed by atoms with Gasteiger partial charge in [0.15, 0.2) is 0 Å². The maximum absolute atomic E-state index is 10.0. The van der Waals surface area contributed by atoms with E-state index in [0.717, 1.165) is 12.8 Å². The van der Waals surface area contributed by atoms with Crippen molar-refractivity contribution in [2.24, 2.45) is 5.10 Å². The summed E-state index contributed by atoms with van der Waals surface area (Å²) in [5, 5.41) is 5.53. The third-order valence-corrected chi connectivity index (χ3v) is 2.30. The minimum absolute atomic E-state index is 0.403. The van der Waals surface area contributed by atoms with Crippen LogP contribution in [0.3, 0.4) is 0 Å². The first-order valence-electron chi connectivity index (χ1n) is 4.12. The number of hydrogen-bond acceptors (Lipinski definition) is 3. The molecule has 11 heavy (non-hydrogen) atoms. The summed E-state index contributed by atoms with van der Waals surface area (Å²) in [6, 6.07) is 0.806. The van der Waals surface area contributed by atoms with Crippen molar-refractivity contribution < 1.29 is 4.79 Å². The molecular weight excluding hydrogens is 140 g/mol. The van der Waals surface area contributed by atoms with Crippen LogP contribution in [0.1, 0.15) is 33.1 Å². The third kappa shape index (κ3) is 1.81. The second kappa shape index (κ2) is 3.54. The third-order valence-electron chi connectivity index (χ3n) is 2.30.